The number of nitrogens with zero attached hydrogens (tertiary/aromatic N) is 2. The normalized spacial score (nSPS) is 15.2. The molecule has 0 aliphatic heterocycles. The topological polar surface area (TPSA) is 44.1 Å². The largest absolute Gasteiger partial charge is 0.326 e. The lowest BCUT2D eigenvalue weighted by molar-refractivity contribution is -0.132. The smallest absolute Gasteiger partial charge is 0.228 e. The van der Waals surface area contributed by atoms with Crippen LogP contribution in [-0.4, -0.2) is 23.4 Å². The van der Waals surface area contributed by atoms with Crippen LogP contribution in [0.1, 0.15) is 36.8 Å². The number of nitriles is 1. The van der Waals surface area contributed by atoms with Gasteiger partial charge in [0.1, 0.15) is 6.54 Å². The van der Waals surface area contributed by atoms with Crippen molar-refractivity contribution in [1.29, 1.82) is 5.26 Å². The molecule has 1 fully saturated rings. The van der Waals surface area contributed by atoms with E-state index in [9.17, 15) is 4.79 Å². The Labute approximate surface area is 114 Å². The fraction of sp³-hybridized carbons (Fsp3) is 0.500. The van der Waals surface area contributed by atoms with Crippen molar-refractivity contribution in [2.75, 3.05) is 6.54 Å². The number of rotatable bonds is 4. The summed E-state index contributed by atoms with van der Waals surface area (Å²) >= 11 is 0. The van der Waals surface area contributed by atoms with Crippen molar-refractivity contribution in [3.05, 3.63) is 35.4 Å². The Morgan fingerprint density at radius 2 is 2.16 bits per heavy atom. The van der Waals surface area contributed by atoms with Crippen LogP contribution in [0.5, 0.6) is 0 Å². The molecule has 1 aliphatic carbocycles. The molecule has 1 amide bonds. The molecule has 1 aromatic carbocycles. The van der Waals surface area contributed by atoms with Crippen LogP contribution in [0.2, 0.25) is 0 Å². The van der Waals surface area contributed by atoms with Gasteiger partial charge in [0.05, 0.1) is 12.5 Å². The number of hydrogen-bond donors (Lipinski definition) is 0. The minimum Gasteiger partial charge on any atom is -0.326 e. The maximum absolute atomic E-state index is 12.4. The molecule has 1 saturated carbocycles. The third kappa shape index (κ3) is 3.57. The molecule has 100 valence electrons. The lowest BCUT2D eigenvalue weighted by atomic mass is 10.1. The zero-order valence-electron chi connectivity index (χ0n) is 11.4. The van der Waals surface area contributed by atoms with Crippen molar-refractivity contribution >= 4 is 5.91 Å². The van der Waals surface area contributed by atoms with Gasteiger partial charge in [-0.05, 0) is 25.3 Å². The van der Waals surface area contributed by atoms with Crippen LogP contribution >= 0.6 is 0 Å². The Bertz CT molecular complexity index is 484. The number of benzene rings is 1. The molecule has 0 spiro atoms. The Morgan fingerprint density at radius 3 is 2.79 bits per heavy atom. The average molecular weight is 256 g/mol. The van der Waals surface area contributed by atoms with Gasteiger partial charge in [-0.25, -0.2) is 0 Å². The van der Waals surface area contributed by atoms with Crippen LogP contribution in [0.4, 0.5) is 0 Å². The summed E-state index contributed by atoms with van der Waals surface area (Å²) in [5.74, 6) is 0.0825. The van der Waals surface area contributed by atoms with Gasteiger partial charge in [-0.3, -0.25) is 4.79 Å². The molecule has 0 aromatic heterocycles. The Morgan fingerprint density at radius 1 is 1.42 bits per heavy atom. The highest BCUT2D eigenvalue weighted by molar-refractivity contribution is 5.79. The fourth-order valence-corrected chi connectivity index (χ4v) is 2.81. The zero-order chi connectivity index (χ0) is 13.7. The van der Waals surface area contributed by atoms with Gasteiger partial charge in [-0.15, -0.1) is 0 Å². The van der Waals surface area contributed by atoms with Crippen molar-refractivity contribution in [1.82, 2.24) is 4.90 Å². The Hall–Kier alpha value is -1.82. The molecule has 1 aliphatic rings. The predicted molar refractivity (Wildman–Crippen MR) is 74.5 cm³/mol. The molecule has 0 unspecified atom stereocenters. The van der Waals surface area contributed by atoms with E-state index in [0.29, 0.717) is 6.42 Å². The molecule has 3 heteroatoms. The minimum atomic E-state index is 0.0825. The molecule has 0 bridgehead atoms. The van der Waals surface area contributed by atoms with Crippen LogP contribution in [-0.2, 0) is 11.2 Å². The first-order valence-electron chi connectivity index (χ1n) is 6.92. The Balaban J connectivity index is 2.05. The second-order valence-corrected chi connectivity index (χ2v) is 5.28. The van der Waals surface area contributed by atoms with E-state index in [1.807, 2.05) is 31.2 Å². The molecular weight excluding hydrogens is 236 g/mol. The van der Waals surface area contributed by atoms with Gasteiger partial charge >= 0.3 is 0 Å². The summed E-state index contributed by atoms with van der Waals surface area (Å²) in [7, 11) is 0. The molecule has 0 N–H and O–H groups in total. The van der Waals surface area contributed by atoms with E-state index in [4.69, 9.17) is 5.26 Å². The minimum absolute atomic E-state index is 0.0825. The standard InChI is InChI=1S/C16H20N2O/c1-13-5-4-6-14(11-13)12-16(19)18(10-9-17)15-7-2-3-8-15/h4-6,11,15H,2-3,7-8,10,12H2,1H3. The molecule has 19 heavy (non-hydrogen) atoms. The van der Waals surface area contributed by atoms with Crippen LogP contribution in [0.3, 0.4) is 0 Å². The summed E-state index contributed by atoms with van der Waals surface area (Å²) in [6, 6.07) is 10.4. The maximum Gasteiger partial charge on any atom is 0.228 e. The molecule has 0 atom stereocenters. The van der Waals surface area contributed by atoms with Crippen LogP contribution in [0, 0.1) is 18.3 Å². The summed E-state index contributed by atoms with van der Waals surface area (Å²) in [5, 5.41) is 8.91. The number of aryl methyl sites for hydroxylation is 1. The summed E-state index contributed by atoms with van der Waals surface area (Å²) < 4.78 is 0. The SMILES string of the molecule is Cc1cccc(CC(=O)N(CC#N)C2CCCC2)c1. The highest BCUT2D eigenvalue weighted by atomic mass is 16.2. The molecule has 1 aromatic rings. The van der Waals surface area contributed by atoms with Gasteiger partial charge in [0.25, 0.3) is 0 Å². The van der Waals surface area contributed by atoms with E-state index in [-0.39, 0.29) is 18.5 Å². The third-order valence-electron chi connectivity index (χ3n) is 3.76. The molecule has 0 heterocycles. The Kier molecular flexibility index (Phi) is 4.57. The highest BCUT2D eigenvalue weighted by Crippen LogP contribution is 2.24. The van der Waals surface area contributed by atoms with E-state index in [1.54, 1.807) is 4.90 Å². The van der Waals surface area contributed by atoms with E-state index in [2.05, 4.69) is 6.07 Å². The van der Waals surface area contributed by atoms with Crippen LogP contribution < -0.4 is 0 Å². The van der Waals surface area contributed by atoms with Gasteiger partial charge < -0.3 is 4.90 Å². The van der Waals surface area contributed by atoms with Crippen molar-refractivity contribution in [2.45, 2.75) is 45.1 Å². The van der Waals surface area contributed by atoms with Gasteiger partial charge in [0.2, 0.25) is 5.91 Å². The van der Waals surface area contributed by atoms with Crippen molar-refractivity contribution in [3.8, 4) is 6.07 Å². The van der Waals surface area contributed by atoms with Crippen LogP contribution in [0.25, 0.3) is 0 Å². The number of amides is 1. The first kappa shape index (κ1) is 13.6. The summed E-state index contributed by atoms with van der Waals surface area (Å²) in [5.41, 5.74) is 2.20. The molecule has 3 nitrogen and oxygen atoms in total. The monoisotopic (exact) mass is 256 g/mol. The van der Waals surface area contributed by atoms with Crippen molar-refractivity contribution in [3.63, 3.8) is 0 Å². The lowest BCUT2D eigenvalue weighted by Crippen LogP contribution is -2.40. The fourth-order valence-electron chi connectivity index (χ4n) is 2.81. The summed E-state index contributed by atoms with van der Waals surface area (Å²) in [4.78, 5) is 14.1. The lowest BCUT2D eigenvalue weighted by Gasteiger charge is -2.26. The quantitative estimate of drug-likeness (QED) is 0.777. The van der Waals surface area contributed by atoms with Gasteiger partial charge in [0.15, 0.2) is 0 Å². The number of carbonyl (C=O) groups is 1. The van der Waals surface area contributed by atoms with Crippen molar-refractivity contribution in [2.24, 2.45) is 0 Å². The average Bonchev–Trinajstić information content (AvgIpc) is 2.89. The number of carbonyl (C=O) groups excluding carboxylic acids is 1. The summed E-state index contributed by atoms with van der Waals surface area (Å²) in [6.07, 6.45) is 4.83. The second-order valence-electron chi connectivity index (χ2n) is 5.28. The predicted octanol–water partition coefficient (Wildman–Crippen LogP) is 2.83. The molecule has 2 rings (SSSR count). The van der Waals surface area contributed by atoms with Crippen molar-refractivity contribution < 1.29 is 4.79 Å². The van der Waals surface area contributed by atoms with E-state index < -0.39 is 0 Å². The molecule has 0 radical (unpaired) electrons. The number of hydrogen-bond acceptors (Lipinski definition) is 2. The van der Waals surface area contributed by atoms with Crippen LogP contribution in [0.15, 0.2) is 24.3 Å². The van der Waals surface area contributed by atoms with Gasteiger partial charge in [-0.1, -0.05) is 42.7 Å². The van der Waals surface area contributed by atoms with E-state index >= 15 is 0 Å². The summed E-state index contributed by atoms with van der Waals surface area (Å²) in [6.45, 7) is 2.24. The van der Waals surface area contributed by atoms with Gasteiger partial charge in [-0.2, -0.15) is 5.26 Å². The maximum atomic E-state index is 12.4. The molecule has 0 saturated heterocycles. The third-order valence-corrected chi connectivity index (χ3v) is 3.76. The molecular formula is C16H20N2O. The zero-order valence-corrected chi connectivity index (χ0v) is 11.4. The van der Waals surface area contributed by atoms with E-state index in [1.165, 1.54) is 12.8 Å². The first-order valence-corrected chi connectivity index (χ1v) is 6.92. The van der Waals surface area contributed by atoms with E-state index in [0.717, 1.165) is 24.0 Å². The first-order chi connectivity index (χ1) is 9.20. The highest BCUT2D eigenvalue weighted by Gasteiger charge is 2.26. The second kappa shape index (κ2) is 6.38. The van der Waals surface area contributed by atoms with Gasteiger partial charge in [0, 0.05) is 6.04 Å².